The van der Waals surface area contributed by atoms with Gasteiger partial charge in [0.25, 0.3) is 0 Å². The lowest BCUT2D eigenvalue weighted by Gasteiger charge is -2.16. The predicted molar refractivity (Wildman–Crippen MR) is 149 cm³/mol. The second kappa shape index (κ2) is 25.8. The van der Waals surface area contributed by atoms with Gasteiger partial charge in [0.15, 0.2) is 0 Å². The normalized spacial score (nSPS) is 11.1. The number of nitrogens with zero attached hydrogens (tertiary/aromatic N) is 1. The van der Waals surface area contributed by atoms with E-state index < -0.39 is 0 Å². The maximum absolute atomic E-state index is 11.7. The van der Waals surface area contributed by atoms with Crippen LogP contribution in [0.2, 0.25) is 0 Å². The van der Waals surface area contributed by atoms with Crippen molar-refractivity contribution in [2.75, 3.05) is 13.6 Å². The largest absolute Gasteiger partial charge is 0.342 e. The molecule has 0 N–H and O–H groups in total. The van der Waals surface area contributed by atoms with Gasteiger partial charge >= 0.3 is 0 Å². The van der Waals surface area contributed by atoms with Crippen molar-refractivity contribution in [1.82, 2.24) is 4.90 Å². The molecule has 0 bridgehead atoms. The van der Waals surface area contributed by atoms with E-state index in [0.717, 1.165) is 13.0 Å². The Morgan fingerprint density at radius 2 is 0.758 bits per heavy atom. The summed E-state index contributed by atoms with van der Waals surface area (Å²) >= 11 is 0. The van der Waals surface area contributed by atoms with Crippen LogP contribution in [0.4, 0.5) is 0 Å². The molecule has 0 radical (unpaired) electrons. The first kappa shape index (κ1) is 32.2. The number of rotatable bonds is 26. The summed E-state index contributed by atoms with van der Waals surface area (Å²) in [6.07, 6.45) is 34.0. The third-order valence-corrected chi connectivity index (χ3v) is 7.06. The molecule has 0 aromatic rings. The third kappa shape index (κ3) is 24.1. The van der Waals surface area contributed by atoms with Crippen molar-refractivity contribution in [1.29, 1.82) is 0 Å². The van der Waals surface area contributed by atoms with Gasteiger partial charge in [0.05, 0.1) is 0 Å². The van der Waals surface area contributed by atoms with Gasteiger partial charge in [-0.15, -0.1) is 0 Å². The minimum absolute atomic E-state index is 0.0871. The highest BCUT2D eigenvalue weighted by Gasteiger charge is 2.07. The molecule has 0 aromatic heterocycles. The van der Waals surface area contributed by atoms with E-state index in [1.165, 1.54) is 148 Å². The summed E-state index contributed by atoms with van der Waals surface area (Å²) in [4.78, 5) is 13.5. The molecule has 0 saturated heterocycles. The maximum atomic E-state index is 11.7. The lowest BCUT2D eigenvalue weighted by molar-refractivity contribution is -0.125. The summed E-state index contributed by atoms with van der Waals surface area (Å²) in [6.45, 7) is 8.68. The lowest BCUT2D eigenvalue weighted by atomic mass is 10.0. The number of unbranched alkanes of at least 4 members (excludes halogenated alkanes) is 23. The van der Waals surface area contributed by atoms with Crippen molar-refractivity contribution in [2.45, 2.75) is 168 Å². The summed E-state index contributed by atoms with van der Waals surface area (Å²) in [5, 5.41) is 0. The molecule has 0 fully saturated rings. The Labute approximate surface area is 209 Å². The van der Waals surface area contributed by atoms with E-state index in [2.05, 4.69) is 13.5 Å². The molecule has 0 unspecified atom stereocenters. The van der Waals surface area contributed by atoms with Gasteiger partial charge in [-0.1, -0.05) is 161 Å². The van der Waals surface area contributed by atoms with E-state index in [1.807, 2.05) is 7.05 Å². The minimum Gasteiger partial charge on any atom is -0.342 e. The Kier molecular flexibility index (Phi) is 25.2. The first-order valence-corrected chi connectivity index (χ1v) is 15.0. The molecule has 2 heteroatoms. The van der Waals surface area contributed by atoms with E-state index >= 15 is 0 Å². The summed E-state index contributed by atoms with van der Waals surface area (Å²) in [5.41, 5.74) is 0.641. The number of carbonyl (C=O) groups excluding carboxylic acids is 1. The van der Waals surface area contributed by atoms with Crippen molar-refractivity contribution in [2.24, 2.45) is 0 Å². The average Bonchev–Trinajstić information content (AvgIpc) is 2.81. The molecule has 196 valence electrons. The summed E-state index contributed by atoms with van der Waals surface area (Å²) in [5.74, 6) is 0.0871. The first-order chi connectivity index (χ1) is 16.1. The fourth-order valence-electron chi connectivity index (χ4n) is 4.74. The van der Waals surface area contributed by atoms with Crippen molar-refractivity contribution in [3.8, 4) is 0 Å². The van der Waals surface area contributed by atoms with Gasteiger partial charge in [-0.25, -0.2) is 0 Å². The molecule has 0 aliphatic rings. The summed E-state index contributed by atoms with van der Waals surface area (Å²) in [7, 11) is 1.88. The van der Waals surface area contributed by atoms with Crippen LogP contribution in [-0.2, 0) is 4.79 Å². The van der Waals surface area contributed by atoms with E-state index in [4.69, 9.17) is 0 Å². The molecule has 2 nitrogen and oxygen atoms in total. The minimum atomic E-state index is 0.0871. The van der Waals surface area contributed by atoms with Gasteiger partial charge in [-0.3, -0.25) is 4.79 Å². The highest BCUT2D eigenvalue weighted by atomic mass is 16.2. The zero-order chi connectivity index (χ0) is 24.4. The molecule has 0 heterocycles. The van der Waals surface area contributed by atoms with E-state index in [9.17, 15) is 4.79 Å². The lowest BCUT2D eigenvalue weighted by Crippen LogP contribution is -2.27. The molecule has 0 rings (SSSR count). The molecule has 0 atom stereocenters. The van der Waals surface area contributed by atoms with E-state index in [0.29, 0.717) is 5.57 Å². The summed E-state index contributed by atoms with van der Waals surface area (Å²) < 4.78 is 0. The number of hydrogen-bond acceptors (Lipinski definition) is 1. The van der Waals surface area contributed by atoms with Gasteiger partial charge in [0.1, 0.15) is 0 Å². The highest BCUT2D eigenvalue weighted by molar-refractivity contribution is 5.91. The van der Waals surface area contributed by atoms with Gasteiger partial charge < -0.3 is 4.90 Å². The van der Waals surface area contributed by atoms with Crippen LogP contribution in [0.1, 0.15) is 168 Å². The first-order valence-electron chi connectivity index (χ1n) is 15.0. The zero-order valence-electron chi connectivity index (χ0n) is 23.2. The quantitative estimate of drug-likeness (QED) is 0.0922. The maximum Gasteiger partial charge on any atom is 0.248 e. The Morgan fingerprint density at radius 3 is 1.00 bits per heavy atom. The predicted octanol–water partition coefficient (Wildman–Crippen LogP) is 10.4. The van der Waals surface area contributed by atoms with Crippen molar-refractivity contribution in [3.63, 3.8) is 0 Å². The Bertz CT molecular complexity index is 431. The van der Waals surface area contributed by atoms with E-state index in [1.54, 1.807) is 11.8 Å². The monoisotopic (exact) mass is 463 g/mol. The standard InChI is InChI=1S/C31H61NO/c1-5-6-7-8-9-10-11-12-13-14-15-16-17-18-19-20-21-22-23-24-25-26-27-28-29-32(4)31(33)30(2)3/h2,5-29H2,1,3-4H3. The van der Waals surface area contributed by atoms with Crippen LogP contribution < -0.4 is 0 Å². The van der Waals surface area contributed by atoms with Crippen molar-refractivity contribution < 1.29 is 4.79 Å². The second-order valence-electron chi connectivity index (χ2n) is 10.6. The number of carbonyl (C=O) groups is 1. The topological polar surface area (TPSA) is 20.3 Å². The van der Waals surface area contributed by atoms with Crippen LogP contribution in [-0.4, -0.2) is 24.4 Å². The fraction of sp³-hybridized carbons (Fsp3) is 0.903. The van der Waals surface area contributed by atoms with Gasteiger partial charge in [0.2, 0.25) is 5.91 Å². The Balaban J connectivity index is 3.12. The van der Waals surface area contributed by atoms with Gasteiger partial charge in [-0.2, -0.15) is 0 Å². The Morgan fingerprint density at radius 1 is 0.515 bits per heavy atom. The molecule has 1 amide bonds. The molecule has 0 saturated carbocycles. The van der Waals surface area contributed by atoms with Gasteiger partial charge in [0, 0.05) is 19.2 Å². The molecular formula is C31H61NO. The smallest absolute Gasteiger partial charge is 0.248 e. The molecule has 0 aliphatic carbocycles. The van der Waals surface area contributed by atoms with E-state index in [-0.39, 0.29) is 5.91 Å². The third-order valence-electron chi connectivity index (χ3n) is 7.06. The highest BCUT2D eigenvalue weighted by Crippen LogP contribution is 2.15. The molecule has 0 spiro atoms. The number of hydrogen-bond donors (Lipinski definition) is 0. The van der Waals surface area contributed by atoms with Crippen LogP contribution in [0.25, 0.3) is 0 Å². The average molecular weight is 464 g/mol. The SMILES string of the molecule is C=C(C)C(=O)N(C)CCCCCCCCCCCCCCCCCCCCCCCCCC. The van der Waals surface area contributed by atoms with Crippen LogP contribution in [0.5, 0.6) is 0 Å². The zero-order valence-corrected chi connectivity index (χ0v) is 23.2. The molecule has 0 aromatic carbocycles. The van der Waals surface area contributed by atoms with Crippen LogP contribution >= 0.6 is 0 Å². The second-order valence-corrected chi connectivity index (χ2v) is 10.6. The molecule has 0 aliphatic heterocycles. The van der Waals surface area contributed by atoms with Gasteiger partial charge in [-0.05, 0) is 13.3 Å². The fourth-order valence-corrected chi connectivity index (χ4v) is 4.74. The summed E-state index contributed by atoms with van der Waals surface area (Å²) in [6, 6.07) is 0. The number of amides is 1. The van der Waals surface area contributed by atoms with Crippen LogP contribution in [0.3, 0.4) is 0 Å². The van der Waals surface area contributed by atoms with Crippen LogP contribution in [0.15, 0.2) is 12.2 Å². The number of likely N-dealkylation sites (N-methyl/N-ethyl adjacent to an activating group) is 1. The van der Waals surface area contributed by atoms with Crippen molar-refractivity contribution >= 4 is 5.91 Å². The Hall–Kier alpha value is -0.790. The molecule has 33 heavy (non-hydrogen) atoms. The molecular weight excluding hydrogens is 402 g/mol. The van der Waals surface area contributed by atoms with Crippen molar-refractivity contribution in [3.05, 3.63) is 12.2 Å². The van der Waals surface area contributed by atoms with Crippen LogP contribution in [0, 0.1) is 0 Å².